The van der Waals surface area contributed by atoms with Crippen molar-refractivity contribution in [2.24, 2.45) is 0 Å². The predicted molar refractivity (Wildman–Crippen MR) is 89.2 cm³/mol. The van der Waals surface area contributed by atoms with Crippen LogP contribution in [0.25, 0.3) is 10.9 Å². The van der Waals surface area contributed by atoms with E-state index in [1.54, 1.807) is 31.4 Å². The lowest BCUT2D eigenvalue weighted by atomic mass is 10.1. The fourth-order valence-electron chi connectivity index (χ4n) is 2.42. The Kier molecular flexibility index (Phi) is 4.17. The molecule has 0 bridgehead atoms. The van der Waals surface area contributed by atoms with Crippen molar-refractivity contribution in [1.29, 1.82) is 5.26 Å². The number of ether oxygens (including phenoxy) is 2. The highest BCUT2D eigenvalue weighted by Crippen LogP contribution is 2.35. The van der Waals surface area contributed by atoms with Gasteiger partial charge in [0, 0.05) is 17.6 Å². The van der Waals surface area contributed by atoms with E-state index in [9.17, 15) is 9.65 Å². The van der Waals surface area contributed by atoms with Crippen LogP contribution in [0.1, 0.15) is 5.56 Å². The molecule has 0 saturated carbocycles. The highest BCUT2D eigenvalue weighted by molar-refractivity contribution is 5.96. The summed E-state index contributed by atoms with van der Waals surface area (Å²) in [6.07, 6.45) is 1.46. The van der Waals surface area contributed by atoms with E-state index in [1.807, 2.05) is 0 Å². The van der Waals surface area contributed by atoms with E-state index in [4.69, 9.17) is 9.47 Å². The molecule has 1 N–H and O–H groups in total. The van der Waals surface area contributed by atoms with Crippen LogP contribution in [0.2, 0.25) is 0 Å². The maximum Gasteiger partial charge on any atom is 0.145 e. The molecule has 2 aromatic carbocycles. The number of nitrogens with one attached hydrogen (secondary N) is 1. The summed E-state index contributed by atoms with van der Waals surface area (Å²) >= 11 is 0. The Balaban J connectivity index is 2.16. The third kappa shape index (κ3) is 2.79. The second-order valence-corrected chi connectivity index (χ2v) is 5.01. The first-order chi connectivity index (χ1) is 11.7. The van der Waals surface area contributed by atoms with Gasteiger partial charge < -0.3 is 14.8 Å². The van der Waals surface area contributed by atoms with E-state index >= 15 is 0 Å². The Morgan fingerprint density at radius 3 is 2.67 bits per heavy atom. The number of pyridine rings is 1. The Morgan fingerprint density at radius 2 is 1.96 bits per heavy atom. The van der Waals surface area contributed by atoms with Crippen molar-refractivity contribution in [2.45, 2.75) is 0 Å². The molecule has 0 fully saturated rings. The highest BCUT2D eigenvalue weighted by Gasteiger charge is 2.13. The number of nitriles is 1. The molecule has 0 aliphatic carbocycles. The van der Waals surface area contributed by atoms with Gasteiger partial charge in [0.25, 0.3) is 0 Å². The van der Waals surface area contributed by atoms with Gasteiger partial charge in [-0.15, -0.1) is 0 Å². The second kappa shape index (κ2) is 6.42. The van der Waals surface area contributed by atoms with E-state index < -0.39 is 5.82 Å². The van der Waals surface area contributed by atoms with Gasteiger partial charge in [-0.2, -0.15) is 5.26 Å². The van der Waals surface area contributed by atoms with Gasteiger partial charge >= 0.3 is 0 Å². The number of nitrogens with zero attached hydrogens (tertiary/aromatic N) is 2. The number of anilines is 2. The third-order valence-corrected chi connectivity index (χ3v) is 3.62. The molecule has 0 saturated heterocycles. The predicted octanol–water partition coefficient (Wildman–Crippen LogP) is 4.01. The fraction of sp³-hybridized carbons (Fsp3) is 0.111. The Labute approximate surface area is 138 Å². The van der Waals surface area contributed by atoms with Gasteiger partial charge in [-0.3, -0.25) is 4.98 Å². The summed E-state index contributed by atoms with van der Waals surface area (Å²) in [5.74, 6) is 0.785. The number of rotatable bonds is 4. The molecule has 0 aliphatic heterocycles. The van der Waals surface area contributed by atoms with Gasteiger partial charge in [-0.05, 0) is 30.3 Å². The lowest BCUT2D eigenvalue weighted by Crippen LogP contribution is -1.99. The van der Waals surface area contributed by atoms with E-state index in [0.717, 1.165) is 0 Å². The highest BCUT2D eigenvalue weighted by atomic mass is 19.1. The summed E-state index contributed by atoms with van der Waals surface area (Å²) in [5.41, 5.74) is 2.01. The Bertz CT molecular complexity index is 951. The molecule has 1 aromatic heterocycles. The Morgan fingerprint density at radius 1 is 1.12 bits per heavy atom. The molecule has 120 valence electrons. The molecule has 6 heteroatoms. The number of hydrogen-bond acceptors (Lipinski definition) is 5. The first-order valence-corrected chi connectivity index (χ1v) is 7.13. The van der Waals surface area contributed by atoms with Crippen molar-refractivity contribution in [1.82, 2.24) is 4.98 Å². The molecule has 0 radical (unpaired) electrons. The van der Waals surface area contributed by atoms with Crippen molar-refractivity contribution in [3.8, 4) is 17.6 Å². The van der Waals surface area contributed by atoms with Crippen LogP contribution in [0.5, 0.6) is 11.5 Å². The van der Waals surface area contributed by atoms with Crippen LogP contribution < -0.4 is 14.8 Å². The smallest absolute Gasteiger partial charge is 0.145 e. The molecule has 0 atom stereocenters. The Hall–Kier alpha value is -3.33. The lowest BCUT2D eigenvalue weighted by molar-refractivity contribution is 0.395. The average molecular weight is 323 g/mol. The molecule has 24 heavy (non-hydrogen) atoms. The van der Waals surface area contributed by atoms with Crippen molar-refractivity contribution in [3.63, 3.8) is 0 Å². The van der Waals surface area contributed by atoms with E-state index in [1.165, 1.54) is 25.4 Å². The third-order valence-electron chi connectivity index (χ3n) is 3.62. The molecular formula is C18H14FN3O2. The maximum atomic E-state index is 13.7. The summed E-state index contributed by atoms with van der Waals surface area (Å²) in [5, 5.41) is 13.0. The van der Waals surface area contributed by atoms with E-state index in [2.05, 4.69) is 16.4 Å². The van der Waals surface area contributed by atoms with Crippen LogP contribution >= 0.6 is 0 Å². The minimum Gasteiger partial charge on any atom is -0.497 e. The van der Waals surface area contributed by atoms with E-state index in [0.29, 0.717) is 39.3 Å². The van der Waals surface area contributed by atoms with Crippen molar-refractivity contribution in [3.05, 3.63) is 54.0 Å². The van der Waals surface area contributed by atoms with Gasteiger partial charge in [0.15, 0.2) is 0 Å². The van der Waals surface area contributed by atoms with Crippen molar-refractivity contribution in [2.75, 3.05) is 19.5 Å². The minimum atomic E-state index is -0.399. The van der Waals surface area contributed by atoms with Gasteiger partial charge in [-0.25, -0.2) is 4.39 Å². The number of methoxy groups -OCH3 is 2. The van der Waals surface area contributed by atoms with Crippen LogP contribution in [-0.4, -0.2) is 19.2 Å². The van der Waals surface area contributed by atoms with Crippen LogP contribution in [0.3, 0.4) is 0 Å². The number of hydrogen-bond donors (Lipinski definition) is 1. The molecule has 5 nitrogen and oxygen atoms in total. The summed E-state index contributed by atoms with van der Waals surface area (Å²) in [6.45, 7) is 0. The molecule has 0 amide bonds. The van der Waals surface area contributed by atoms with Crippen molar-refractivity contribution < 1.29 is 13.9 Å². The zero-order valence-electron chi connectivity index (χ0n) is 13.1. The summed E-state index contributed by atoms with van der Waals surface area (Å²) in [7, 11) is 3.10. The topological polar surface area (TPSA) is 67.2 Å². The SMILES string of the molecule is COc1ccc(Nc2c(C#N)cnc3ccc(F)cc23)c(OC)c1. The molecule has 3 aromatic rings. The second-order valence-electron chi connectivity index (χ2n) is 5.01. The van der Waals surface area contributed by atoms with Gasteiger partial charge in [-0.1, -0.05) is 0 Å². The molecule has 1 heterocycles. The standard InChI is InChI=1S/C18H14FN3O2/c1-23-13-4-6-16(17(8-13)24-2)22-18-11(9-20)10-21-15-5-3-12(19)7-14(15)18/h3-8,10H,1-2H3,(H,21,22). The summed E-state index contributed by atoms with van der Waals surface area (Å²) in [4.78, 5) is 4.18. The molecule has 3 rings (SSSR count). The first kappa shape index (κ1) is 15.6. The quantitative estimate of drug-likeness (QED) is 0.786. The van der Waals surface area contributed by atoms with Crippen molar-refractivity contribution >= 4 is 22.3 Å². The van der Waals surface area contributed by atoms with Gasteiger partial charge in [0.2, 0.25) is 0 Å². The fourth-order valence-corrected chi connectivity index (χ4v) is 2.42. The summed E-state index contributed by atoms with van der Waals surface area (Å²) in [6, 6.07) is 11.6. The van der Waals surface area contributed by atoms with Gasteiger partial charge in [0.1, 0.15) is 23.4 Å². The normalized spacial score (nSPS) is 10.2. The largest absolute Gasteiger partial charge is 0.497 e. The number of benzene rings is 2. The first-order valence-electron chi connectivity index (χ1n) is 7.13. The monoisotopic (exact) mass is 323 g/mol. The summed E-state index contributed by atoms with van der Waals surface area (Å²) < 4.78 is 24.2. The zero-order chi connectivity index (χ0) is 17.1. The lowest BCUT2D eigenvalue weighted by Gasteiger charge is -2.15. The molecular weight excluding hydrogens is 309 g/mol. The van der Waals surface area contributed by atoms with E-state index in [-0.39, 0.29) is 0 Å². The van der Waals surface area contributed by atoms with Gasteiger partial charge in [0.05, 0.1) is 36.7 Å². The number of fused-ring (bicyclic) bond motifs is 1. The number of halogens is 1. The molecule has 0 spiro atoms. The maximum absolute atomic E-state index is 13.7. The molecule has 0 unspecified atom stereocenters. The van der Waals surface area contributed by atoms with Crippen LogP contribution in [0, 0.1) is 17.1 Å². The van der Waals surface area contributed by atoms with Crippen LogP contribution in [-0.2, 0) is 0 Å². The van der Waals surface area contributed by atoms with Crippen LogP contribution in [0.15, 0.2) is 42.6 Å². The minimum absolute atomic E-state index is 0.311. The number of aromatic nitrogens is 1. The zero-order valence-corrected chi connectivity index (χ0v) is 13.1. The average Bonchev–Trinajstić information content (AvgIpc) is 2.62. The van der Waals surface area contributed by atoms with Crippen LogP contribution in [0.4, 0.5) is 15.8 Å². The molecule has 0 aliphatic rings.